The fourth-order valence-electron chi connectivity index (χ4n) is 1.89. The molecule has 2 N–H and O–H groups in total. The lowest BCUT2D eigenvalue weighted by molar-refractivity contribution is -0.384. The molecule has 1 aliphatic rings. The Morgan fingerprint density at radius 1 is 1.73 bits per heavy atom. The Labute approximate surface area is 86.6 Å². The molecule has 0 amide bonds. The highest BCUT2D eigenvalue weighted by Gasteiger charge is 2.29. The van der Waals surface area contributed by atoms with Gasteiger partial charge in [0.2, 0.25) is 5.82 Å². The van der Waals surface area contributed by atoms with Crippen LogP contribution in [0.2, 0.25) is 0 Å². The molecule has 1 aromatic rings. The van der Waals surface area contributed by atoms with Crippen LogP contribution in [0.5, 0.6) is 0 Å². The normalized spacial score (nSPS) is 20.9. The van der Waals surface area contributed by atoms with Gasteiger partial charge in [-0.3, -0.25) is 10.1 Å². The molecular formula is C8H13N5O2. The van der Waals surface area contributed by atoms with Crippen molar-refractivity contribution < 1.29 is 4.92 Å². The summed E-state index contributed by atoms with van der Waals surface area (Å²) in [5.74, 6) is 0.549. The van der Waals surface area contributed by atoms with Crippen molar-refractivity contribution in [2.24, 2.45) is 12.8 Å². The smallest absolute Gasteiger partial charge is 0.331 e. The predicted molar refractivity (Wildman–Crippen MR) is 54.7 cm³/mol. The zero-order valence-electron chi connectivity index (χ0n) is 8.46. The molecule has 0 bridgehead atoms. The minimum absolute atomic E-state index is 0.0478. The molecule has 15 heavy (non-hydrogen) atoms. The van der Waals surface area contributed by atoms with E-state index in [4.69, 9.17) is 5.73 Å². The molecule has 2 heterocycles. The van der Waals surface area contributed by atoms with Crippen LogP contribution in [-0.4, -0.2) is 33.8 Å². The second-order valence-electron chi connectivity index (χ2n) is 3.73. The van der Waals surface area contributed by atoms with Crippen molar-refractivity contribution in [2.45, 2.75) is 12.5 Å². The Morgan fingerprint density at radius 2 is 2.47 bits per heavy atom. The molecule has 1 saturated heterocycles. The third-order valence-corrected chi connectivity index (χ3v) is 2.61. The molecule has 0 unspecified atom stereocenters. The van der Waals surface area contributed by atoms with Crippen molar-refractivity contribution >= 4 is 11.5 Å². The molecule has 0 aliphatic carbocycles. The van der Waals surface area contributed by atoms with E-state index in [-0.39, 0.29) is 11.7 Å². The highest BCUT2D eigenvalue weighted by molar-refractivity contribution is 5.58. The number of nitrogens with zero attached hydrogens (tertiary/aromatic N) is 4. The van der Waals surface area contributed by atoms with Gasteiger partial charge in [0.1, 0.15) is 6.20 Å². The Balaban J connectivity index is 2.34. The summed E-state index contributed by atoms with van der Waals surface area (Å²) in [7, 11) is 1.70. The van der Waals surface area contributed by atoms with Gasteiger partial charge < -0.3 is 10.6 Å². The fraction of sp³-hybridized carbons (Fsp3) is 0.625. The zero-order valence-corrected chi connectivity index (χ0v) is 8.46. The molecule has 7 nitrogen and oxygen atoms in total. The maximum absolute atomic E-state index is 10.8. The van der Waals surface area contributed by atoms with Crippen molar-refractivity contribution in [3.05, 3.63) is 16.3 Å². The monoisotopic (exact) mass is 211 g/mol. The molecule has 0 radical (unpaired) electrons. The topological polar surface area (TPSA) is 90.2 Å². The van der Waals surface area contributed by atoms with E-state index in [9.17, 15) is 10.1 Å². The standard InChI is InChI=1S/C8H13N5O2/c1-11-8(7(4-10-11)13(14)15)12-3-2-6(9)5-12/h4,6H,2-3,5,9H2,1H3/t6-/m1/s1. The number of hydrogen-bond acceptors (Lipinski definition) is 5. The van der Waals surface area contributed by atoms with E-state index in [1.807, 2.05) is 4.90 Å². The van der Waals surface area contributed by atoms with Crippen LogP contribution in [0.4, 0.5) is 11.5 Å². The second-order valence-corrected chi connectivity index (χ2v) is 3.73. The van der Waals surface area contributed by atoms with Gasteiger partial charge in [0.15, 0.2) is 0 Å². The van der Waals surface area contributed by atoms with Crippen LogP contribution >= 0.6 is 0 Å². The van der Waals surface area contributed by atoms with Crippen LogP contribution in [0, 0.1) is 10.1 Å². The van der Waals surface area contributed by atoms with Crippen molar-refractivity contribution in [3.63, 3.8) is 0 Å². The van der Waals surface area contributed by atoms with E-state index in [1.165, 1.54) is 10.9 Å². The van der Waals surface area contributed by atoms with E-state index in [0.717, 1.165) is 13.0 Å². The Kier molecular flexibility index (Phi) is 2.31. The average molecular weight is 211 g/mol. The summed E-state index contributed by atoms with van der Waals surface area (Å²) in [5.41, 5.74) is 5.81. The third-order valence-electron chi connectivity index (χ3n) is 2.61. The second kappa shape index (κ2) is 3.50. The van der Waals surface area contributed by atoms with Crippen LogP contribution in [0.25, 0.3) is 0 Å². The van der Waals surface area contributed by atoms with Crippen molar-refractivity contribution in [1.82, 2.24) is 9.78 Å². The number of aromatic nitrogens is 2. The van der Waals surface area contributed by atoms with Crippen molar-refractivity contribution in [2.75, 3.05) is 18.0 Å². The quantitative estimate of drug-likeness (QED) is 0.543. The predicted octanol–water partition coefficient (Wildman–Crippen LogP) is -0.134. The van der Waals surface area contributed by atoms with Gasteiger partial charge in [-0.2, -0.15) is 5.10 Å². The van der Waals surface area contributed by atoms with Crippen molar-refractivity contribution in [3.8, 4) is 0 Å². The molecule has 0 spiro atoms. The van der Waals surface area contributed by atoms with E-state index in [0.29, 0.717) is 12.4 Å². The SMILES string of the molecule is Cn1ncc([N+](=O)[O-])c1N1CC[C@@H](N)C1. The van der Waals surface area contributed by atoms with Gasteiger partial charge >= 0.3 is 5.69 Å². The Hall–Kier alpha value is -1.63. The summed E-state index contributed by atoms with van der Waals surface area (Å²) < 4.78 is 1.52. The van der Waals surface area contributed by atoms with Crippen LogP contribution in [0.3, 0.4) is 0 Å². The number of rotatable bonds is 2. The fourth-order valence-corrected chi connectivity index (χ4v) is 1.89. The summed E-state index contributed by atoms with van der Waals surface area (Å²) in [6.07, 6.45) is 2.14. The largest absolute Gasteiger partial charge is 0.349 e. The first-order chi connectivity index (χ1) is 7.09. The zero-order chi connectivity index (χ0) is 11.0. The van der Waals surface area contributed by atoms with Crippen molar-refractivity contribution in [1.29, 1.82) is 0 Å². The number of nitro groups is 1. The van der Waals surface area contributed by atoms with Crippen LogP contribution in [0.15, 0.2) is 6.20 Å². The molecule has 82 valence electrons. The molecular weight excluding hydrogens is 198 g/mol. The Morgan fingerprint density at radius 3 is 3.00 bits per heavy atom. The summed E-state index contributed by atoms with van der Waals surface area (Å²) in [6.45, 7) is 1.40. The van der Waals surface area contributed by atoms with E-state index in [1.54, 1.807) is 7.05 Å². The van der Waals surface area contributed by atoms with Gasteiger partial charge in [-0.1, -0.05) is 0 Å². The lowest BCUT2D eigenvalue weighted by Gasteiger charge is -2.16. The molecule has 1 fully saturated rings. The maximum Gasteiger partial charge on any atom is 0.331 e. The summed E-state index contributed by atoms with van der Waals surface area (Å²) >= 11 is 0. The van der Waals surface area contributed by atoms with E-state index >= 15 is 0 Å². The minimum Gasteiger partial charge on any atom is -0.349 e. The molecule has 0 saturated carbocycles. The lowest BCUT2D eigenvalue weighted by Crippen LogP contribution is -2.28. The first kappa shape index (κ1) is 9.91. The highest BCUT2D eigenvalue weighted by atomic mass is 16.6. The van der Waals surface area contributed by atoms with E-state index < -0.39 is 4.92 Å². The van der Waals surface area contributed by atoms with Crippen LogP contribution in [0.1, 0.15) is 6.42 Å². The summed E-state index contributed by atoms with van der Waals surface area (Å²) in [4.78, 5) is 12.3. The molecule has 2 rings (SSSR count). The number of anilines is 1. The summed E-state index contributed by atoms with van der Waals surface area (Å²) in [6, 6.07) is 0.0968. The first-order valence-electron chi connectivity index (χ1n) is 4.76. The van der Waals surface area contributed by atoms with Gasteiger partial charge in [-0.15, -0.1) is 0 Å². The molecule has 0 aromatic carbocycles. The van der Waals surface area contributed by atoms with Gasteiger partial charge in [0, 0.05) is 26.2 Å². The maximum atomic E-state index is 10.8. The van der Waals surface area contributed by atoms with E-state index in [2.05, 4.69) is 5.10 Å². The number of aryl methyl sites for hydroxylation is 1. The van der Waals surface area contributed by atoms with Gasteiger partial charge in [-0.25, -0.2) is 4.68 Å². The average Bonchev–Trinajstić information content (AvgIpc) is 2.71. The number of hydrogen-bond donors (Lipinski definition) is 1. The minimum atomic E-state index is -0.411. The van der Waals surface area contributed by atoms with Gasteiger partial charge in [-0.05, 0) is 6.42 Å². The molecule has 1 aliphatic heterocycles. The number of nitrogens with two attached hydrogens (primary N) is 1. The van der Waals surface area contributed by atoms with Crippen LogP contribution in [-0.2, 0) is 7.05 Å². The lowest BCUT2D eigenvalue weighted by atomic mass is 10.3. The van der Waals surface area contributed by atoms with Gasteiger partial charge in [0.25, 0.3) is 0 Å². The van der Waals surface area contributed by atoms with Gasteiger partial charge in [0.05, 0.1) is 4.92 Å². The molecule has 7 heteroatoms. The highest BCUT2D eigenvalue weighted by Crippen LogP contribution is 2.29. The molecule has 1 atom stereocenters. The first-order valence-corrected chi connectivity index (χ1v) is 4.76. The third kappa shape index (κ3) is 1.65. The molecule has 1 aromatic heterocycles. The summed E-state index contributed by atoms with van der Waals surface area (Å²) in [5, 5.41) is 14.7. The van der Waals surface area contributed by atoms with Crippen LogP contribution < -0.4 is 10.6 Å². The Bertz CT molecular complexity index is 388.